The number of alkyl halides is 1. The maximum absolute atomic E-state index is 13.6. The molecular formula is C23H31ClO6. The number of carbonyl (C=O) groups is 4. The lowest BCUT2D eigenvalue weighted by molar-refractivity contribution is -0.180. The van der Waals surface area contributed by atoms with E-state index in [-0.39, 0.29) is 53.5 Å². The zero-order valence-electron chi connectivity index (χ0n) is 17.9. The first kappa shape index (κ1) is 21.9. The number of fused-ring (bicyclic) bond motifs is 5. The molecule has 4 saturated carbocycles. The number of hydrogen-bond acceptors (Lipinski definition) is 6. The smallest absolute Gasteiger partial charge is 0.303 e. The molecule has 0 aromatic carbocycles. The Morgan fingerprint density at radius 3 is 2.47 bits per heavy atom. The molecule has 0 bridgehead atoms. The number of hydrogen-bond donors (Lipinski definition) is 1. The van der Waals surface area contributed by atoms with Crippen LogP contribution >= 0.6 is 11.6 Å². The molecule has 7 heteroatoms. The molecule has 1 N–H and O–H groups in total. The Bertz CT molecular complexity index is 810. The van der Waals surface area contributed by atoms with Crippen LogP contribution in [0.5, 0.6) is 0 Å². The van der Waals surface area contributed by atoms with E-state index in [4.69, 9.17) is 16.3 Å². The molecule has 30 heavy (non-hydrogen) atoms. The van der Waals surface area contributed by atoms with Gasteiger partial charge in [-0.3, -0.25) is 19.2 Å². The lowest BCUT2D eigenvalue weighted by Gasteiger charge is -2.60. The fourth-order valence-electron chi connectivity index (χ4n) is 7.66. The van der Waals surface area contributed by atoms with Gasteiger partial charge in [0.05, 0.1) is 5.38 Å². The molecule has 8 atom stereocenters. The molecular weight excluding hydrogens is 408 g/mol. The van der Waals surface area contributed by atoms with Gasteiger partial charge in [-0.25, -0.2) is 0 Å². The molecule has 0 amide bonds. The topological polar surface area (TPSA) is 97.7 Å². The van der Waals surface area contributed by atoms with Crippen molar-refractivity contribution in [3.63, 3.8) is 0 Å². The lowest BCUT2D eigenvalue weighted by atomic mass is 9.44. The number of carbonyl (C=O) groups excluding carboxylic acids is 4. The second-order valence-electron chi connectivity index (χ2n) is 10.5. The second-order valence-corrected chi connectivity index (χ2v) is 10.9. The van der Waals surface area contributed by atoms with Gasteiger partial charge in [-0.05, 0) is 55.3 Å². The van der Waals surface area contributed by atoms with E-state index >= 15 is 0 Å². The van der Waals surface area contributed by atoms with Gasteiger partial charge in [0, 0.05) is 31.1 Å². The zero-order chi connectivity index (χ0) is 22.1. The normalized spacial score (nSPS) is 47.8. The zero-order valence-corrected chi connectivity index (χ0v) is 18.7. The molecule has 4 aliphatic rings. The summed E-state index contributed by atoms with van der Waals surface area (Å²) in [5.74, 6) is -1.00. The third-order valence-corrected chi connectivity index (χ3v) is 9.77. The number of rotatable bonds is 3. The van der Waals surface area contributed by atoms with Gasteiger partial charge in [-0.15, -0.1) is 11.6 Å². The minimum absolute atomic E-state index is 0.000795. The van der Waals surface area contributed by atoms with Gasteiger partial charge in [0.15, 0.2) is 12.4 Å². The molecule has 4 rings (SSSR count). The highest BCUT2D eigenvalue weighted by Crippen LogP contribution is 2.67. The summed E-state index contributed by atoms with van der Waals surface area (Å²) in [4.78, 5) is 49.8. The van der Waals surface area contributed by atoms with E-state index in [1.165, 1.54) is 6.92 Å². The number of halogens is 1. The Morgan fingerprint density at radius 2 is 1.80 bits per heavy atom. The molecule has 0 aliphatic heterocycles. The Balaban J connectivity index is 1.65. The van der Waals surface area contributed by atoms with Gasteiger partial charge in [0.1, 0.15) is 11.4 Å². The molecule has 166 valence electrons. The SMILES string of the molecule is CC(=O)OCC(=O)[C@@]1(O)CC[C@H]2[C@@H]3CCC4C(Cl)C(=O)CC[C@]4(C)[C@H]3C(=O)C[C@@]21C. The monoisotopic (exact) mass is 438 g/mol. The van der Waals surface area contributed by atoms with Gasteiger partial charge in [0.25, 0.3) is 0 Å². The van der Waals surface area contributed by atoms with Crippen LogP contribution in [0.15, 0.2) is 0 Å². The molecule has 0 radical (unpaired) electrons. The van der Waals surface area contributed by atoms with Crippen molar-refractivity contribution in [2.45, 2.75) is 76.7 Å². The first-order chi connectivity index (χ1) is 14.0. The highest BCUT2D eigenvalue weighted by atomic mass is 35.5. The predicted octanol–water partition coefficient (Wildman–Crippen LogP) is 2.86. The summed E-state index contributed by atoms with van der Waals surface area (Å²) in [5, 5.41) is 10.9. The molecule has 4 aliphatic carbocycles. The largest absolute Gasteiger partial charge is 0.458 e. The summed E-state index contributed by atoms with van der Waals surface area (Å²) in [6, 6.07) is 0. The van der Waals surface area contributed by atoms with E-state index in [0.717, 1.165) is 12.8 Å². The van der Waals surface area contributed by atoms with Crippen LogP contribution in [0.1, 0.15) is 65.7 Å². The molecule has 0 heterocycles. The maximum Gasteiger partial charge on any atom is 0.303 e. The molecule has 6 nitrogen and oxygen atoms in total. The van der Waals surface area contributed by atoms with E-state index in [9.17, 15) is 24.3 Å². The summed E-state index contributed by atoms with van der Waals surface area (Å²) < 4.78 is 4.87. The second kappa shape index (κ2) is 7.13. The van der Waals surface area contributed by atoms with Crippen molar-refractivity contribution < 1.29 is 29.0 Å². The number of aliphatic hydroxyl groups is 1. The standard InChI is InChI=1S/C23H31ClO6/c1-12(25)30-11-18(28)23(29)9-6-14-13-4-5-15-20(24)16(26)7-8-21(15,2)19(13)17(27)10-22(14,23)3/h13-15,19-20,29H,4-11H2,1-3H3/t13-,14-,15?,19+,20?,21-,22-,23-/m0/s1. The summed E-state index contributed by atoms with van der Waals surface area (Å²) >= 11 is 6.51. The third-order valence-electron chi connectivity index (χ3n) is 9.22. The Morgan fingerprint density at radius 1 is 1.10 bits per heavy atom. The molecule has 0 spiro atoms. The van der Waals surface area contributed by atoms with Gasteiger partial charge in [-0.1, -0.05) is 13.8 Å². The minimum Gasteiger partial charge on any atom is -0.458 e. The van der Waals surface area contributed by atoms with Crippen molar-refractivity contribution >= 4 is 34.9 Å². The van der Waals surface area contributed by atoms with E-state index in [0.29, 0.717) is 19.3 Å². The van der Waals surface area contributed by atoms with Crippen molar-refractivity contribution in [1.29, 1.82) is 0 Å². The van der Waals surface area contributed by atoms with Crippen LogP contribution < -0.4 is 0 Å². The van der Waals surface area contributed by atoms with E-state index in [2.05, 4.69) is 6.92 Å². The summed E-state index contributed by atoms with van der Waals surface area (Å²) in [6.45, 7) is 4.73. The first-order valence-electron chi connectivity index (χ1n) is 11.0. The van der Waals surface area contributed by atoms with Gasteiger partial charge >= 0.3 is 5.97 Å². The minimum atomic E-state index is -1.66. The van der Waals surface area contributed by atoms with Gasteiger partial charge < -0.3 is 9.84 Å². The summed E-state index contributed by atoms with van der Waals surface area (Å²) in [7, 11) is 0. The van der Waals surface area contributed by atoms with Crippen LogP contribution in [-0.2, 0) is 23.9 Å². The molecule has 0 saturated heterocycles. The summed E-state index contributed by atoms with van der Waals surface area (Å²) in [5.41, 5.74) is -2.84. The lowest BCUT2D eigenvalue weighted by Crippen LogP contribution is -2.63. The highest BCUT2D eigenvalue weighted by molar-refractivity contribution is 6.31. The first-order valence-corrected chi connectivity index (χ1v) is 11.5. The molecule has 0 aromatic heterocycles. The van der Waals surface area contributed by atoms with Crippen LogP contribution in [0.3, 0.4) is 0 Å². The Kier molecular flexibility index (Phi) is 5.21. The van der Waals surface area contributed by atoms with Crippen molar-refractivity contribution in [1.82, 2.24) is 0 Å². The van der Waals surface area contributed by atoms with E-state index in [1.54, 1.807) is 0 Å². The maximum atomic E-state index is 13.6. The van der Waals surface area contributed by atoms with Crippen molar-refractivity contribution in [3.8, 4) is 0 Å². The number of esters is 1. The van der Waals surface area contributed by atoms with Crippen molar-refractivity contribution in [2.24, 2.45) is 34.5 Å². The van der Waals surface area contributed by atoms with Crippen molar-refractivity contribution in [2.75, 3.05) is 6.61 Å². The molecule has 0 aromatic rings. The fraction of sp³-hybridized carbons (Fsp3) is 0.826. The summed E-state index contributed by atoms with van der Waals surface area (Å²) in [6.07, 6.45) is 3.72. The number of ether oxygens (including phenoxy) is 1. The fourth-order valence-corrected chi connectivity index (χ4v) is 8.18. The molecule has 4 fully saturated rings. The quantitative estimate of drug-likeness (QED) is 0.537. The van der Waals surface area contributed by atoms with Crippen LogP contribution in [0, 0.1) is 34.5 Å². The number of Topliss-reactive ketones (excluding diaryl/α,β-unsaturated/α-hetero) is 3. The average Bonchev–Trinajstić information content (AvgIpc) is 2.94. The van der Waals surface area contributed by atoms with E-state index < -0.39 is 34.8 Å². The van der Waals surface area contributed by atoms with Gasteiger partial charge in [-0.2, -0.15) is 0 Å². The van der Waals surface area contributed by atoms with Crippen LogP contribution in [0.25, 0.3) is 0 Å². The van der Waals surface area contributed by atoms with Crippen LogP contribution in [0.4, 0.5) is 0 Å². The predicted molar refractivity (Wildman–Crippen MR) is 109 cm³/mol. The van der Waals surface area contributed by atoms with Gasteiger partial charge in [0.2, 0.25) is 5.78 Å². The Hall–Kier alpha value is -1.27. The number of ketones is 3. The third kappa shape index (κ3) is 2.85. The van der Waals surface area contributed by atoms with Crippen molar-refractivity contribution in [3.05, 3.63) is 0 Å². The van der Waals surface area contributed by atoms with Crippen LogP contribution in [-0.4, -0.2) is 46.0 Å². The van der Waals surface area contributed by atoms with E-state index in [1.807, 2.05) is 6.92 Å². The van der Waals surface area contributed by atoms with Crippen LogP contribution in [0.2, 0.25) is 0 Å². The average molecular weight is 439 g/mol. The highest BCUT2D eigenvalue weighted by Gasteiger charge is 2.69. The Labute approximate surface area is 182 Å². The molecule has 2 unspecified atom stereocenters.